The number of amides is 1. The number of piperazine rings is 1. The lowest BCUT2D eigenvalue weighted by Crippen LogP contribution is -2.46. The number of rotatable bonds is 5. The van der Waals surface area contributed by atoms with Crippen molar-refractivity contribution >= 4 is 17.3 Å². The van der Waals surface area contributed by atoms with Gasteiger partial charge >= 0.3 is 0 Å². The van der Waals surface area contributed by atoms with E-state index < -0.39 is 0 Å². The first-order valence-corrected chi connectivity index (χ1v) is 10.5. The summed E-state index contributed by atoms with van der Waals surface area (Å²) < 4.78 is 0. The van der Waals surface area contributed by atoms with E-state index in [2.05, 4.69) is 47.2 Å². The Kier molecular flexibility index (Phi) is 5.21. The number of hydrogen-bond acceptors (Lipinski definition) is 3. The second-order valence-electron chi connectivity index (χ2n) is 8.61. The second-order valence-corrected chi connectivity index (χ2v) is 8.61. The number of aryl methyl sites for hydroxylation is 1. The summed E-state index contributed by atoms with van der Waals surface area (Å²) in [5.41, 5.74) is 3.43. The molecule has 2 aliphatic carbocycles. The molecule has 3 atom stereocenters. The molecule has 2 bridgehead atoms. The van der Waals surface area contributed by atoms with Crippen LogP contribution in [0.15, 0.2) is 18.2 Å². The van der Waals surface area contributed by atoms with Crippen molar-refractivity contribution in [1.29, 1.82) is 0 Å². The zero-order chi connectivity index (χ0) is 18.1. The molecule has 1 amide bonds. The predicted octanol–water partition coefficient (Wildman–Crippen LogP) is 3.90. The van der Waals surface area contributed by atoms with E-state index >= 15 is 0 Å². The zero-order valence-corrected chi connectivity index (χ0v) is 16.3. The lowest BCUT2D eigenvalue weighted by molar-refractivity contribution is -0.117. The van der Waals surface area contributed by atoms with Crippen molar-refractivity contribution in [2.45, 2.75) is 46.0 Å². The highest BCUT2D eigenvalue weighted by Crippen LogP contribution is 2.49. The van der Waals surface area contributed by atoms with E-state index in [1.807, 2.05) is 0 Å². The average molecular weight is 356 g/mol. The Balaban J connectivity index is 1.33. The molecule has 3 unspecified atom stereocenters. The van der Waals surface area contributed by atoms with Gasteiger partial charge in [-0.05, 0) is 74.2 Å². The van der Waals surface area contributed by atoms with Crippen molar-refractivity contribution in [2.75, 3.05) is 42.9 Å². The molecule has 0 aromatic heterocycles. The summed E-state index contributed by atoms with van der Waals surface area (Å²) in [5.74, 6) is 2.56. The summed E-state index contributed by atoms with van der Waals surface area (Å²) in [6.07, 6.45) is 6.11. The first-order valence-electron chi connectivity index (χ1n) is 10.5. The normalized spacial score (nSPS) is 28.5. The molecule has 142 valence electrons. The summed E-state index contributed by atoms with van der Waals surface area (Å²) in [4.78, 5) is 17.5. The first-order chi connectivity index (χ1) is 12.6. The largest absolute Gasteiger partial charge is 0.369 e. The van der Waals surface area contributed by atoms with Gasteiger partial charge in [-0.3, -0.25) is 4.79 Å². The fraction of sp³-hybridized carbons (Fsp3) is 0.682. The lowest BCUT2D eigenvalue weighted by atomic mass is 9.86. The molecule has 1 aromatic rings. The molecule has 4 nitrogen and oxygen atoms in total. The van der Waals surface area contributed by atoms with Crippen LogP contribution in [0.25, 0.3) is 0 Å². The smallest absolute Gasteiger partial charge is 0.224 e. The first kappa shape index (κ1) is 17.8. The van der Waals surface area contributed by atoms with Gasteiger partial charge in [-0.25, -0.2) is 0 Å². The summed E-state index contributed by atoms with van der Waals surface area (Å²) in [6, 6.07) is 6.49. The van der Waals surface area contributed by atoms with Gasteiger partial charge in [0.15, 0.2) is 0 Å². The number of likely N-dealkylation sites (N-methyl/N-ethyl adjacent to an activating group) is 1. The van der Waals surface area contributed by atoms with Crippen molar-refractivity contribution in [3.63, 3.8) is 0 Å². The Labute approximate surface area is 157 Å². The van der Waals surface area contributed by atoms with Gasteiger partial charge in [-0.2, -0.15) is 0 Å². The summed E-state index contributed by atoms with van der Waals surface area (Å²) >= 11 is 0. The monoisotopic (exact) mass is 355 g/mol. The molecule has 0 radical (unpaired) electrons. The average Bonchev–Trinajstić information content (AvgIpc) is 3.26. The van der Waals surface area contributed by atoms with E-state index in [9.17, 15) is 4.79 Å². The summed E-state index contributed by atoms with van der Waals surface area (Å²) in [6.45, 7) is 9.93. The molecule has 1 saturated heterocycles. The third kappa shape index (κ3) is 3.75. The van der Waals surface area contributed by atoms with Crippen molar-refractivity contribution < 1.29 is 4.79 Å². The van der Waals surface area contributed by atoms with E-state index in [-0.39, 0.29) is 5.91 Å². The standard InChI is InChI=1S/C22H33N3O/c1-3-24-8-10-25(11-9-24)20-6-7-21(16(2)12-20)23-22(26)15-19-14-17-4-5-18(19)13-17/h6-7,12,17-19H,3-5,8-11,13-15H2,1-2H3,(H,23,26). The Morgan fingerprint density at radius 1 is 1.15 bits per heavy atom. The second kappa shape index (κ2) is 7.59. The van der Waals surface area contributed by atoms with Gasteiger partial charge in [0.25, 0.3) is 0 Å². The van der Waals surface area contributed by atoms with E-state index in [0.29, 0.717) is 12.3 Å². The summed E-state index contributed by atoms with van der Waals surface area (Å²) in [5, 5.41) is 3.18. The van der Waals surface area contributed by atoms with Crippen LogP contribution >= 0.6 is 0 Å². The van der Waals surface area contributed by atoms with Crippen LogP contribution in [0.1, 0.15) is 44.6 Å². The maximum Gasteiger partial charge on any atom is 0.224 e. The van der Waals surface area contributed by atoms with E-state index in [1.54, 1.807) is 0 Å². The van der Waals surface area contributed by atoms with Gasteiger partial charge in [-0.15, -0.1) is 0 Å². The Morgan fingerprint density at radius 3 is 2.58 bits per heavy atom. The van der Waals surface area contributed by atoms with Gasteiger partial charge in [-0.1, -0.05) is 13.3 Å². The van der Waals surface area contributed by atoms with Crippen LogP contribution in [-0.4, -0.2) is 43.5 Å². The van der Waals surface area contributed by atoms with Crippen molar-refractivity contribution in [2.24, 2.45) is 17.8 Å². The molecule has 26 heavy (non-hydrogen) atoms. The van der Waals surface area contributed by atoms with Gasteiger partial charge in [0.2, 0.25) is 5.91 Å². The minimum Gasteiger partial charge on any atom is -0.369 e. The van der Waals surface area contributed by atoms with Crippen LogP contribution in [0.2, 0.25) is 0 Å². The maximum absolute atomic E-state index is 12.5. The van der Waals surface area contributed by atoms with Crippen LogP contribution in [0, 0.1) is 24.7 Å². The summed E-state index contributed by atoms with van der Waals surface area (Å²) in [7, 11) is 0. The zero-order valence-electron chi connectivity index (χ0n) is 16.3. The molecule has 1 aliphatic heterocycles. The minimum absolute atomic E-state index is 0.204. The van der Waals surface area contributed by atoms with Gasteiger partial charge in [0, 0.05) is 44.0 Å². The molecule has 1 aromatic carbocycles. The number of nitrogens with one attached hydrogen (secondary N) is 1. The number of benzene rings is 1. The predicted molar refractivity (Wildman–Crippen MR) is 108 cm³/mol. The maximum atomic E-state index is 12.5. The van der Waals surface area contributed by atoms with Crippen LogP contribution < -0.4 is 10.2 Å². The van der Waals surface area contributed by atoms with Crippen LogP contribution in [-0.2, 0) is 4.79 Å². The van der Waals surface area contributed by atoms with Crippen molar-refractivity contribution in [3.8, 4) is 0 Å². The quantitative estimate of drug-likeness (QED) is 0.870. The number of carbonyl (C=O) groups is 1. The van der Waals surface area contributed by atoms with Crippen LogP contribution in [0.4, 0.5) is 11.4 Å². The molecule has 3 aliphatic rings. The Hall–Kier alpha value is -1.55. The topological polar surface area (TPSA) is 35.6 Å². The number of anilines is 2. The van der Waals surface area contributed by atoms with Crippen molar-refractivity contribution in [3.05, 3.63) is 23.8 Å². The molecule has 1 heterocycles. The highest BCUT2D eigenvalue weighted by atomic mass is 16.1. The number of nitrogens with zero attached hydrogens (tertiary/aromatic N) is 2. The molecule has 4 heteroatoms. The third-order valence-electron chi connectivity index (χ3n) is 7.00. The highest BCUT2D eigenvalue weighted by molar-refractivity contribution is 5.92. The fourth-order valence-corrected chi connectivity index (χ4v) is 5.37. The Bertz CT molecular complexity index is 651. The number of hydrogen-bond donors (Lipinski definition) is 1. The van der Waals surface area contributed by atoms with Gasteiger partial charge < -0.3 is 15.1 Å². The molecule has 0 spiro atoms. The third-order valence-corrected chi connectivity index (χ3v) is 7.00. The van der Waals surface area contributed by atoms with Crippen LogP contribution in [0.3, 0.4) is 0 Å². The van der Waals surface area contributed by atoms with Gasteiger partial charge in [0.1, 0.15) is 0 Å². The molecular weight excluding hydrogens is 322 g/mol. The van der Waals surface area contributed by atoms with E-state index in [4.69, 9.17) is 0 Å². The van der Waals surface area contributed by atoms with E-state index in [1.165, 1.54) is 36.9 Å². The van der Waals surface area contributed by atoms with Gasteiger partial charge in [0.05, 0.1) is 0 Å². The highest BCUT2D eigenvalue weighted by Gasteiger charge is 2.40. The van der Waals surface area contributed by atoms with Crippen LogP contribution in [0.5, 0.6) is 0 Å². The fourth-order valence-electron chi connectivity index (χ4n) is 5.37. The molecule has 2 saturated carbocycles. The lowest BCUT2D eigenvalue weighted by Gasteiger charge is -2.35. The molecule has 3 fully saturated rings. The van der Waals surface area contributed by atoms with E-state index in [0.717, 1.165) is 50.2 Å². The minimum atomic E-state index is 0.204. The van der Waals surface area contributed by atoms with Crippen molar-refractivity contribution in [1.82, 2.24) is 4.90 Å². The number of fused-ring (bicyclic) bond motifs is 2. The molecule has 1 N–H and O–H groups in total. The number of carbonyl (C=O) groups excluding carboxylic acids is 1. The Morgan fingerprint density at radius 2 is 1.96 bits per heavy atom. The molecule has 4 rings (SSSR count). The SMILES string of the molecule is CCN1CCN(c2ccc(NC(=O)CC3CC4CCC3C4)c(C)c2)CC1. The molecular formula is C22H33N3O.